The van der Waals surface area contributed by atoms with E-state index in [-0.39, 0.29) is 0 Å². The molecule has 1 aromatic heterocycles. The third-order valence-electron chi connectivity index (χ3n) is 9.48. The SMILES string of the molecule is c1ccc(-c2ccc(-c3cccc(N(c4cccc(-c5ccccc5-c5ccccc5)c4)c4ccc5c(c4)oc4ccccc45)c3)cc2)cc1. The molecule has 9 rings (SSSR count). The van der Waals surface area contributed by atoms with E-state index < -0.39 is 0 Å². The highest BCUT2D eigenvalue weighted by Gasteiger charge is 2.18. The van der Waals surface area contributed by atoms with Crippen LogP contribution in [-0.4, -0.2) is 0 Å². The zero-order valence-corrected chi connectivity index (χ0v) is 27.4. The quantitative estimate of drug-likeness (QED) is 0.173. The maximum atomic E-state index is 6.39. The number of anilines is 3. The second-order valence-electron chi connectivity index (χ2n) is 12.6. The third-order valence-corrected chi connectivity index (χ3v) is 9.48. The molecule has 0 radical (unpaired) electrons. The molecule has 0 saturated carbocycles. The normalized spacial score (nSPS) is 11.2. The summed E-state index contributed by atoms with van der Waals surface area (Å²) in [6, 6.07) is 71.1. The molecular formula is C48H33NO. The van der Waals surface area contributed by atoms with E-state index in [1.54, 1.807) is 0 Å². The monoisotopic (exact) mass is 639 g/mol. The average molecular weight is 640 g/mol. The second kappa shape index (κ2) is 12.8. The number of hydrogen-bond acceptors (Lipinski definition) is 2. The van der Waals surface area contributed by atoms with Gasteiger partial charge in [-0.15, -0.1) is 0 Å². The van der Waals surface area contributed by atoms with Gasteiger partial charge in [0, 0.05) is 33.9 Å². The zero-order chi connectivity index (χ0) is 33.3. The van der Waals surface area contributed by atoms with E-state index in [4.69, 9.17) is 4.42 Å². The number of nitrogens with zero attached hydrogens (tertiary/aromatic N) is 1. The summed E-state index contributed by atoms with van der Waals surface area (Å²) in [4.78, 5) is 2.34. The van der Waals surface area contributed by atoms with Gasteiger partial charge in [0.15, 0.2) is 0 Å². The van der Waals surface area contributed by atoms with E-state index >= 15 is 0 Å². The van der Waals surface area contributed by atoms with Crippen molar-refractivity contribution >= 4 is 39.0 Å². The first kappa shape index (κ1) is 29.5. The first-order valence-corrected chi connectivity index (χ1v) is 17.0. The summed E-state index contributed by atoms with van der Waals surface area (Å²) < 4.78 is 6.39. The van der Waals surface area contributed by atoms with Crippen molar-refractivity contribution < 1.29 is 4.42 Å². The first-order chi connectivity index (χ1) is 24.8. The van der Waals surface area contributed by atoms with Gasteiger partial charge in [-0.05, 0) is 87.0 Å². The van der Waals surface area contributed by atoms with E-state index in [0.717, 1.165) is 50.1 Å². The molecule has 0 unspecified atom stereocenters. The van der Waals surface area contributed by atoms with Crippen molar-refractivity contribution in [3.05, 3.63) is 200 Å². The lowest BCUT2D eigenvalue weighted by atomic mass is 9.94. The lowest BCUT2D eigenvalue weighted by Gasteiger charge is -2.26. The van der Waals surface area contributed by atoms with Gasteiger partial charge in [-0.3, -0.25) is 0 Å². The molecule has 0 N–H and O–H groups in total. The van der Waals surface area contributed by atoms with Crippen LogP contribution >= 0.6 is 0 Å². The predicted molar refractivity (Wildman–Crippen MR) is 210 cm³/mol. The van der Waals surface area contributed by atoms with Gasteiger partial charge in [0.05, 0.1) is 0 Å². The largest absolute Gasteiger partial charge is 0.456 e. The van der Waals surface area contributed by atoms with Crippen LogP contribution in [0.25, 0.3) is 66.4 Å². The molecule has 236 valence electrons. The Labute approximate surface area is 292 Å². The van der Waals surface area contributed by atoms with Gasteiger partial charge in [0.25, 0.3) is 0 Å². The lowest BCUT2D eigenvalue weighted by Crippen LogP contribution is -2.10. The Morgan fingerprint density at radius 2 is 0.760 bits per heavy atom. The first-order valence-electron chi connectivity index (χ1n) is 17.0. The van der Waals surface area contributed by atoms with Crippen LogP contribution in [0.4, 0.5) is 17.1 Å². The molecule has 0 fully saturated rings. The molecule has 0 amide bonds. The summed E-state index contributed by atoms with van der Waals surface area (Å²) in [6.45, 7) is 0. The Balaban J connectivity index is 1.18. The fourth-order valence-electron chi connectivity index (χ4n) is 7.03. The molecule has 0 spiro atoms. The minimum Gasteiger partial charge on any atom is -0.456 e. The Morgan fingerprint density at radius 3 is 1.48 bits per heavy atom. The molecule has 0 aliphatic heterocycles. The van der Waals surface area contributed by atoms with Crippen molar-refractivity contribution in [2.45, 2.75) is 0 Å². The fourth-order valence-corrected chi connectivity index (χ4v) is 7.03. The van der Waals surface area contributed by atoms with Crippen LogP contribution in [-0.2, 0) is 0 Å². The lowest BCUT2D eigenvalue weighted by molar-refractivity contribution is 0.669. The van der Waals surface area contributed by atoms with Gasteiger partial charge in [-0.2, -0.15) is 0 Å². The smallest absolute Gasteiger partial charge is 0.137 e. The van der Waals surface area contributed by atoms with E-state index in [9.17, 15) is 0 Å². The molecule has 1 heterocycles. The van der Waals surface area contributed by atoms with Crippen molar-refractivity contribution in [3.63, 3.8) is 0 Å². The summed E-state index contributed by atoms with van der Waals surface area (Å²) in [5.74, 6) is 0. The van der Waals surface area contributed by atoms with Crippen molar-refractivity contribution in [1.82, 2.24) is 0 Å². The number of para-hydroxylation sites is 1. The van der Waals surface area contributed by atoms with Gasteiger partial charge >= 0.3 is 0 Å². The van der Waals surface area contributed by atoms with Crippen LogP contribution in [0.15, 0.2) is 205 Å². The fraction of sp³-hybridized carbons (Fsp3) is 0. The number of rotatable bonds is 7. The number of hydrogen-bond donors (Lipinski definition) is 0. The maximum absolute atomic E-state index is 6.39. The topological polar surface area (TPSA) is 16.4 Å². The predicted octanol–water partition coefficient (Wildman–Crippen LogP) is 13.7. The van der Waals surface area contributed by atoms with Crippen LogP contribution < -0.4 is 4.90 Å². The third kappa shape index (κ3) is 5.53. The molecule has 0 bridgehead atoms. The molecule has 8 aromatic carbocycles. The van der Waals surface area contributed by atoms with E-state index in [2.05, 4.69) is 193 Å². The molecular weight excluding hydrogens is 607 g/mol. The Kier molecular flexibility index (Phi) is 7.53. The van der Waals surface area contributed by atoms with Gasteiger partial charge < -0.3 is 9.32 Å². The van der Waals surface area contributed by atoms with Crippen molar-refractivity contribution in [2.24, 2.45) is 0 Å². The second-order valence-corrected chi connectivity index (χ2v) is 12.6. The van der Waals surface area contributed by atoms with E-state index in [1.165, 1.54) is 33.4 Å². The highest BCUT2D eigenvalue weighted by molar-refractivity contribution is 6.06. The summed E-state index contributed by atoms with van der Waals surface area (Å²) in [5.41, 5.74) is 14.4. The number of fused-ring (bicyclic) bond motifs is 3. The van der Waals surface area contributed by atoms with Crippen LogP contribution in [0.1, 0.15) is 0 Å². The molecule has 0 atom stereocenters. The minimum atomic E-state index is 0.868. The Hall–Kier alpha value is -6.64. The highest BCUT2D eigenvalue weighted by Crippen LogP contribution is 2.42. The Morgan fingerprint density at radius 1 is 0.280 bits per heavy atom. The molecule has 50 heavy (non-hydrogen) atoms. The van der Waals surface area contributed by atoms with Crippen molar-refractivity contribution in [2.75, 3.05) is 4.90 Å². The molecule has 0 aliphatic rings. The van der Waals surface area contributed by atoms with Crippen molar-refractivity contribution in [3.8, 4) is 44.5 Å². The standard InChI is InChI=1S/C48H33NO/c1-3-13-34(14-4-1)35-25-27-36(28-26-35)38-17-11-19-40(31-38)49(42-29-30-46-45-23-9-10-24-47(45)50-48(46)33-42)41-20-12-18-39(32-41)44-22-8-7-21-43(44)37-15-5-2-6-16-37/h1-33H. The zero-order valence-electron chi connectivity index (χ0n) is 27.4. The summed E-state index contributed by atoms with van der Waals surface area (Å²) >= 11 is 0. The number of furan rings is 1. The molecule has 0 aliphatic carbocycles. The Bertz CT molecular complexity index is 2580. The molecule has 9 aromatic rings. The summed E-state index contributed by atoms with van der Waals surface area (Å²) in [6.07, 6.45) is 0. The van der Waals surface area contributed by atoms with Gasteiger partial charge in [0.1, 0.15) is 11.2 Å². The van der Waals surface area contributed by atoms with Crippen LogP contribution in [0, 0.1) is 0 Å². The minimum absolute atomic E-state index is 0.868. The van der Waals surface area contributed by atoms with Gasteiger partial charge in [0.2, 0.25) is 0 Å². The van der Waals surface area contributed by atoms with Crippen LogP contribution in [0.3, 0.4) is 0 Å². The highest BCUT2D eigenvalue weighted by atomic mass is 16.3. The average Bonchev–Trinajstić information content (AvgIpc) is 3.57. The molecule has 2 nitrogen and oxygen atoms in total. The van der Waals surface area contributed by atoms with Gasteiger partial charge in [-0.1, -0.05) is 152 Å². The van der Waals surface area contributed by atoms with Crippen LogP contribution in [0.2, 0.25) is 0 Å². The van der Waals surface area contributed by atoms with Gasteiger partial charge in [-0.25, -0.2) is 0 Å². The number of benzene rings is 8. The maximum Gasteiger partial charge on any atom is 0.137 e. The van der Waals surface area contributed by atoms with Crippen LogP contribution in [0.5, 0.6) is 0 Å². The summed E-state index contributed by atoms with van der Waals surface area (Å²) in [5, 5.41) is 2.24. The molecule has 2 heteroatoms. The molecule has 0 saturated heterocycles. The summed E-state index contributed by atoms with van der Waals surface area (Å²) in [7, 11) is 0. The van der Waals surface area contributed by atoms with Crippen molar-refractivity contribution in [1.29, 1.82) is 0 Å². The van der Waals surface area contributed by atoms with E-state index in [1.807, 2.05) is 12.1 Å². The van der Waals surface area contributed by atoms with E-state index in [0.29, 0.717) is 0 Å².